The first-order valence-electron chi connectivity index (χ1n) is 9.27. The monoisotopic (exact) mass is 338 g/mol. The number of ether oxygens (including phenoxy) is 2. The lowest BCUT2D eigenvalue weighted by molar-refractivity contribution is -0.0149. The third kappa shape index (κ3) is 3.58. The minimum Gasteiger partial charge on any atom is -0.494 e. The van der Waals surface area contributed by atoms with E-state index < -0.39 is 11.6 Å². The maximum Gasteiger partial charge on any atom is 0.200 e. The summed E-state index contributed by atoms with van der Waals surface area (Å²) in [5.41, 5.74) is 0.524. The topological polar surface area (TPSA) is 18.5 Å². The van der Waals surface area contributed by atoms with Crippen LogP contribution in [0.1, 0.15) is 63.4 Å². The molecule has 0 bridgehead atoms. The van der Waals surface area contributed by atoms with Gasteiger partial charge in [0, 0.05) is 6.61 Å². The minimum atomic E-state index is -0.853. The van der Waals surface area contributed by atoms with Crippen molar-refractivity contribution < 1.29 is 18.3 Å². The second kappa shape index (κ2) is 7.81. The summed E-state index contributed by atoms with van der Waals surface area (Å²) in [6, 6.07) is 3.26. The number of halogens is 2. The Morgan fingerprint density at radius 3 is 2.50 bits per heavy atom. The lowest BCUT2D eigenvalue weighted by atomic mass is 9.65. The first-order chi connectivity index (χ1) is 11.6. The van der Waals surface area contributed by atoms with Gasteiger partial charge in [-0.05, 0) is 74.3 Å². The second-order valence-corrected chi connectivity index (χ2v) is 7.32. The molecule has 1 aromatic carbocycles. The van der Waals surface area contributed by atoms with Crippen LogP contribution in [0.5, 0.6) is 5.75 Å². The van der Waals surface area contributed by atoms with Crippen molar-refractivity contribution in [1.29, 1.82) is 0 Å². The molecule has 4 atom stereocenters. The van der Waals surface area contributed by atoms with Gasteiger partial charge >= 0.3 is 0 Å². The Morgan fingerprint density at radius 2 is 1.75 bits per heavy atom. The highest BCUT2D eigenvalue weighted by Crippen LogP contribution is 2.47. The Morgan fingerprint density at radius 1 is 1.00 bits per heavy atom. The minimum absolute atomic E-state index is 0.0153. The number of methoxy groups -OCH3 is 1. The van der Waals surface area contributed by atoms with E-state index >= 15 is 0 Å². The number of benzene rings is 1. The number of fused-ring (bicyclic) bond motifs is 1. The van der Waals surface area contributed by atoms with Gasteiger partial charge in [0.2, 0.25) is 5.82 Å². The molecule has 2 aliphatic rings. The maximum atomic E-state index is 14.4. The van der Waals surface area contributed by atoms with Crippen molar-refractivity contribution in [2.75, 3.05) is 13.7 Å². The van der Waals surface area contributed by atoms with Gasteiger partial charge in [-0.1, -0.05) is 13.0 Å². The van der Waals surface area contributed by atoms with Gasteiger partial charge in [0.15, 0.2) is 11.6 Å². The van der Waals surface area contributed by atoms with Crippen molar-refractivity contribution in [2.45, 2.75) is 63.9 Å². The van der Waals surface area contributed by atoms with E-state index in [1.807, 2.05) is 0 Å². The fraction of sp³-hybridized carbons (Fsp3) is 0.700. The standard InChI is InChI=1S/C20H28F2O2/c1-3-10-24-16-7-6-13-11-15(5-4-14(13)12-16)17-8-9-18(23-2)20(22)19(17)21/h8-9,13-16H,3-7,10-12H2,1-2H3. The summed E-state index contributed by atoms with van der Waals surface area (Å²) in [4.78, 5) is 0. The van der Waals surface area contributed by atoms with Gasteiger partial charge < -0.3 is 9.47 Å². The van der Waals surface area contributed by atoms with Crippen LogP contribution in [0.15, 0.2) is 12.1 Å². The molecule has 2 nitrogen and oxygen atoms in total. The molecule has 0 aliphatic heterocycles. The molecular formula is C20H28F2O2. The molecule has 4 unspecified atom stereocenters. The Balaban J connectivity index is 1.65. The lowest BCUT2D eigenvalue weighted by Gasteiger charge is -2.42. The molecule has 0 N–H and O–H groups in total. The summed E-state index contributed by atoms with van der Waals surface area (Å²) in [6.45, 7) is 2.99. The van der Waals surface area contributed by atoms with Gasteiger partial charge in [0.25, 0.3) is 0 Å². The molecule has 0 radical (unpaired) electrons. The van der Waals surface area contributed by atoms with Crippen LogP contribution in [0.25, 0.3) is 0 Å². The first kappa shape index (κ1) is 17.7. The molecule has 1 aromatic rings. The predicted octanol–water partition coefficient (Wildman–Crippen LogP) is 5.45. The Hall–Kier alpha value is -1.16. The van der Waals surface area contributed by atoms with Gasteiger partial charge in [-0.15, -0.1) is 0 Å². The summed E-state index contributed by atoms with van der Waals surface area (Å²) in [7, 11) is 1.36. The van der Waals surface area contributed by atoms with Crippen LogP contribution < -0.4 is 4.74 Å². The SMILES string of the molecule is CCCOC1CCC2CC(c3ccc(OC)c(F)c3F)CCC2C1. The van der Waals surface area contributed by atoms with E-state index in [0.29, 0.717) is 23.5 Å². The fourth-order valence-corrected chi connectivity index (χ4v) is 4.58. The van der Waals surface area contributed by atoms with Crippen LogP contribution in [-0.2, 0) is 4.74 Å². The van der Waals surface area contributed by atoms with Crippen molar-refractivity contribution in [3.8, 4) is 5.75 Å². The van der Waals surface area contributed by atoms with Gasteiger partial charge in [-0.2, -0.15) is 4.39 Å². The van der Waals surface area contributed by atoms with Gasteiger partial charge in [0.05, 0.1) is 13.2 Å². The Bertz CT molecular complexity index is 561. The molecule has 0 heterocycles. The molecule has 24 heavy (non-hydrogen) atoms. The van der Waals surface area contributed by atoms with Gasteiger partial charge in [0.1, 0.15) is 0 Å². The Kier molecular flexibility index (Phi) is 5.75. The van der Waals surface area contributed by atoms with Gasteiger partial charge in [-0.3, -0.25) is 0 Å². The molecule has 0 amide bonds. The molecule has 2 saturated carbocycles. The summed E-state index contributed by atoms with van der Waals surface area (Å²) in [5, 5.41) is 0. The zero-order valence-corrected chi connectivity index (χ0v) is 14.7. The third-order valence-corrected chi connectivity index (χ3v) is 5.86. The lowest BCUT2D eigenvalue weighted by Crippen LogP contribution is -2.34. The number of hydrogen-bond acceptors (Lipinski definition) is 2. The van der Waals surface area contributed by atoms with Crippen molar-refractivity contribution in [2.24, 2.45) is 11.8 Å². The first-order valence-corrected chi connectivity index (χ1v) is 9.27. The van der Waals surface area contributed by atoms with Gasteiger partial charge in [-0.25, -0.2) is 4.39 Å². The van der Waals surface area contributed by atoms with E-state index in [1.54, 1.807) is 12.1 Å². The molecular weight excluding hydrogens is 310 g/mol. The summed E-state index contributed by atoms with van der Waals surface area (Å²) >= 11 is 0. The van der Waals surface area contributed by atoms with Crippen LogP contribution in [0.2, 0.25) is 0 Å². The molecule has 0 saturated heterocycles. The van der Waals surface area contributed by atoms with Crippen molar-refractivity contribution >= 4 is 0 Å². The zero-order valence-electron chi connectivity index (χ0n) is 14.7. The van der Waals surface area contributed by atoms with Crippen LogP contribution in [0, 0.1) is 23.5 Å². The zero-order chi connectivity index (χ0) is 17.1. The van der Waals surface area contributed by atoms with E-state index in [9.17, 15) is 8.78 Å². The van der Waals surface area contributed by atoms with Crippen LogP contribution in [0.4, 0.5) is 8.78 Å². The molecule has 4 heteroatoms. The van der Waals surface area contributed by atoms with E-state index in [1.165, 1.54) is 7.11 Å². The average Bonchev–Trinajstić information content (AvgIpc) is 2.61. The fourth-order valence-electron chi connectivity index (χ4n) is 4.58. The smallest absolute Gasteiger partial charge is 0.200 e. The van der Waals surface area contributed by atoms with Crippen LogP contribution in [-0.4, -0.2) is 19.8 Å². The quantitative estimate of drug-likeness (QED) is 0.710. The highest BCUT2D eigenvalue weighted by Gasteiger charge is 2.37. The molecule has 0 spiro atoms. The normalized spacial score (nSPS) is 30.0. The van der Waals surface area contributed by atoms with E-state index in [-0.39, 0.29) is 11.7 Å². The highest BCUT2D eigenvalue weighted by atomic mass is 19.2. The van der Waals surface area contributed by atoms with Crippen LogP contribution in [0.3, 0.4) is 0 Å². The Labute approximate surface area is 143 Å². The number of rotatable bonds is 5. The van der Waals surface area contributed by atoms with Crippen molar-refractivity contribution in [1.82, 2.24) is 0 Å². The largest absolute Gasteiger partial charge is 0.494 e. The molecule has 2 aliphatic carbocycles. The maximum absolute atomic E-state index is 14.4. The summed E-state index contributed by atoms with van der Waals surface area (Å²) in [5.74, 6) is -0.164. The molecule has 134 valence electrons. The predicted molar refractivity (Wildman–Crippen MR) is 90.4 cm³/mol. The van der Waals surface area contributed by atoms with E-state index in [0.717, 1.165) is 51.6 Å². The summed E-state index contributed by atoms with van der Waals surface area (Å²) in [6.07, 6.45) is 7.85. The molecule has 0 aromatic heterocycles. The van der Waals surface area contributed by atoms with Crippen molar-refractivity contribution in [3.63, 3.8) is 0 Å². The second-order valence-electron chi connectivity index (χ2n) is 7.32. The third-order valence-electron chi connectivity index (χ3n) is 5.86. The number of hydrogen-bond donors (Lipinski definition) is 0. The van der Waals surface area contributed by atoms with E-state index in [4.69, 9.17) is 9.47 Å². The van der Waals surface area contributed by atoms with E-state index in [2.05, 4.69) is 6.92 Å². The molecule has 3 rings (SSSR count). The highest BCUT2D eigenvalue weighted by molar-refractivity contribution is 5.33. The van der Waals surface area contributed by atoms with Crippen molar-refractivity contribution in [3.05, 3.63) is 29.3 Å². The van der Waals surface area contributed by atoms with Crippen LogP contribution >= 0.6 is 0 Å². The average molecular weight is 338 g/mol. The molecule has 2 fully saturated rings. The summed E-state index contributed by atoms with van der Waals surface area (Å²) < 4.78 is 39.2.